The maximum Gasteiger partial charge on any atom is 0.331 e. The predicted molar refractivity (Wildman–Crippen MR) is 50.0 cm³/mol. The highest BCUT2D eigenvalue weighted by atomic mass is 16.4. The summed E-state index contributed by atoms with van der Waals surface area (Å²) < 4.78 is 0. The molecule has 0 amide bonds. The molecule has 2 heteroatoms. The molecule has 0 aliphatic carbocycles. The largest absolute Gasteiger partial charge is 0.478 e. The van der Waals surface area contributed by atoms with Crippen LogP contribution >= 0.6 is 0 Å². The van der Waals surface area contributed by atoms with Crippen molar-refractivity contribution < 1.29 is 9.90 Å². The lowest BCUT2D eigenvalue weighted by Crippen LogP contribution is -2.26. The van der Waals surface area contributed by atoms with Crippen LogP contribution in [0.3, 0.4) is 0 Å². The third-order valence-electron chi connectivity index (χ3n) is 2.66. The Morgan fingerprint density at radius 2 is 1.83 bits per heavy atom. The van der Waals surface area contributed by atoms with Gasteiger partial charge in [0.25, 0.3) is 0 Å². The first kappa shape index (κ1) is 11.2. The maximum atomic E-state index is 10.8. The van der Waals surface area contributed by atoms with E-state index in [-0.39, 0.29) is 5.41 Å². The van der Waals surface area contributed by atoms with E-state index in [2.05, 4.69) is 0 Å². The highest BCUT2D eigenvalue weighted by Crippen LogP contribution is 2.34. The van der Waals surface area contributed by atoms with Crippen molar-refractivity contribution in [2.24, 2.45) is 11.3 Å². The number of hydrogen-bond donors (Lipinski definition) is 1. The Hall–Kier alpha value is -0.790. The molecule has 0 aliphatic rings. The van der Waals surface area contributed by atoms with Gasteiger partial charge in [0, 0.05) is 5.57 Å². The summed E-state index contributed by atoms with van der Waals surface area (Å²) in [6, 6.07) is 0. The van der Waals surface area contributed by atoms with Crippen molar-refractivity contribution in [1.29, 1.82) is 0 Å². The van der Waals surface area contributed by atoms with Crippen LogP contribution in [0.4, 0.5) is 0 Å². The summed E-state index contributed by atoms with van der Waals surface area (Å²) in [6.45, 7) is 9.76. The Labute approximate surface area is 74.3 Å². The van der Waals surface area contributed by atoms with Crippen molar-refractivity contribution in [1.82, 2.24) is 0 Å². The highest BCUT2D eigenvalue weighted by molar-refractivity contribution is 5.87. The van der Waals surface area contributed by atoms with Crippen LogP contribution in [-0.4, -0.2) is 11.1 Å². The topological polar surface area (TPSA) is 37.3 Å². The Kier molecular flexibility index (Phi) is 3.50. The van der Waals surface area contributed by atoms with Crippen molar-refractivity contribution in [3.05, 3.63) is 11.6 Å². The minimum Gasteiger partial charge on any atom is -0.478 e. The van der Waals surface area contributed by atoms with Gasteiger partial charge in [-0.1, -0.05) is 33.8 Å². The molecule has 0 rings (SSSR count). The van der Waals surface area contributed by atoms with E-state index in [0.29, 0.717) is 11.5 Å². The van der Waals surface area contributed by atoms with E-state index in [4.69, 9.17) is 5.11 Å². The second-order valence-electron chi connectivity index (χ2n) is 3.88. The van der Waals surface area contributed by atoms with Gasteiger partial charge in [0.15, 0.2) is 0 Å². The minimum atomic E-state index is -0.809. The molecule has 70 valence electrons. The van der Waals surface area contributed by atoms with Crippen molar-refractivity contribution in [3.63, 3.8) is 0 Å². The summed E-state index contributed by atoms with van der Waals surface area (Å²) >= 11 is 0. The molecule has 0 aromatic carbocycles. The standard InChI is InChI=1S/C10H18O2/c1-6-8(9(11)12)10(4,5)7(2)3/h6-7H,1-5H3,(H,11,12). The number of carboxylic acid groups (broad SMARTS) is 1. The van der Waals surface area contributed by atoms with Crippen LogP contribution in [0.15, 0.2) is 11.6 Å². The average molecular weight is 170 g/mol. The minimum absolute atomic E-state index is 0.249. The van der Waals surface area contributed by atoms with Crippen LogP contribution in [0.25, 0.3) is 0 Å². The third-order valence-corrected chi connectivity index (χ3v) is 2.66. The maximum absolute atomic E-state index is 10.8. The molecule has 0 bridgehead atoms. The summed E-state index contributed by atoms with van der Waals surface area (Å²) in [6.07, 6.45) is 1.68. The van der Waals surface area contributed by atoms with Crippen molar-refractivity contribution in [2.75, 3.05) is 0 Å². The smallest absolute Gasteiger partial charge is 0.331 e. The Morgan fingerprint density at radius 3 is 1.92 bits per heavy atom. The zero-order valence-electron chi connectivity index (χ0n) is 8.51. The predicted octanol–water partition coefficient (Wildman–Crippen LogP) is 2.70. The molecule has 0 aromatic rings. The van der Waals surface area contributed by atoms with Crippen LogP contribution in [0.1, 0.15) is 34.6 Å². The van der Waals surface area contributed by atoms with Gasteiger partial charge in [-0.15, -0.1) is 0 Å². The van der Waals surface area contributed by atoms with E-state index in [0.717, 1.165) is 0 Å². The van der Waals surface area contributed by atoms with Gasteiger partial charge < -0.3 is 5.11 Å². The molecule has 0 heterocycles. The number of carbonyl (C=O) groups is 1. The lowest BCUT2D eigenvalue weighted by Gasteiger charge is -2.29. The fourth-order valence-corrected chi connectivity index (χ4v) is 1.08. The van der Waals surface area contributed by atoms with Crippen molar-refractivity contribution >= 4 is 5.97 Å². The zero-order valence-corrected chi connectivity index (χ0v) is 8.51. The van der Waals surface area contributed by atoms with Gasteiger partial charge in [-0.05, 0) is 18.3 Å². The molecule has 0 saturated heterocycles. The molecular formula is C10H18O2. The van der Waals surface area contributed by atoms with E-state index in [1.165, 1.54) is 0 Å². The molecule has 0 radical (unpaired) electrons. The van der Waals surface area contributed by atoms with Gasteiger partial charge in [-0.2, -0.15) is 0 Å². The number of rotatable bonds is 3. The Bertz CT molecular complexity index is 200. The third kappa shape index (κ3) is 2.10. The van der Waals surface area contributed by atoms with E-state index in [1.807, 2.05) is 27.7 Å². The molecule has 0 aromatic heterocycles. The summed E-state index contributed by atoms with van der Waals surface area (Å²) in [5.41, 5.74) is 0.248. The Morgan fingerprint density at radius 1 is 1.42 bits per heavy atom. The lowest BCUT2D eigenvalue weighted by atomic mass is 9.74. The first-order valence-electron chi connectivity index (χ1n) is 4.24. The summed E-state index contributed by atoms with van der Waals surface area (Å²) in [4.78, 5) is 10.8. The average Bonchev–Trinajstić information content (AvgIpc) is 1.86. The van der Waals surface area contributed by atoms with Gasteiger partial charge in [0.2, 0.25) is 0 Å². The molecule has 0 fully saturated rings. The molecule has 0 atom stereocenters. The highest BCUT2D eigenvalue weighted by Gasteiger charge is 2.30. The normalized spacial score (nSPS) is 13.7. The van der Waals surface area contributed by atoms with Crippen LogP contribution < -0.4 is 0 Å². The zero-order chi connectivity index (χ0) is 9.94. The molecule has 0 saturated carbocycles. The molecular weight excluding hydrogens is 152 g/mol. The number of carboxylic acids is 1. The number of hydrogen-bond acceptors (Lipinski definition) is 1. The van der Waals surface area contributed by atoms with Crippen LogP contribution in [0.5, 0.6) is 0 Å². The van der Waals surface area contributed by atoms with Gasteiger partial charge >= 0.3 is 5.97 Å². The second-order valence-corrected chi connectivity index (χ2v) is 3.88. The molecule has 0 spiro atoms. The lowest BCUT2D eigenvalue weighted by molar-refractivity contribution is -0.134. The van der Waals surface area contributed by atoms with E-state index in [9.17, 15) is 4.79 Å². The van der Waals surface area contributed by atoms with Crippen molar-refractivity contribution in [2.45, 2.75) is 34.6 Å². The molecule has 12 heavy (non-hydrogen) atoms. The van der Waals surface area contributed by atoms with Crippen molar-refractivity contribution in [3.8, 4) is 0 Å². The fraction of sp³-hybridized carbons (Fsp3) is 0.700. The molecule has 1 N–H and O–H groups in total. The van der Waals surface area contributed by atoms with Gasteiger partial charge in [-0.25, -0.2) is 4.79 Å². The molecule has 2 nitrogen and oxygen atoms in total. The summed E-state index contributed by atoms with van der Waals surface area (Å²) in [5, 5.41) is 8.89. The number of allylic oxidation sites excluding steroid dienone is 1. The molecule has 0 unspecified atom stereocenters. The first-order valence-corrected chi connectivity index (χ1v) is 4.24. The molecule has 0 aliphatic heterocycles. The van der Waals surface area contributed by atoms with E-state index < -0.39 is 5.97 Å². The van der Waals surface area contributed by atoms with Gasteiger partial charge in [0.05, 0.1) is 0 Å². The SMILES string of the molecule is CC=C(C(=O)O)C(C)(C)C(C)C. The second kappa shape index (κ2) is 3.74. The van der Waals surface area contributed by atoms with Crippen LogP contribution in [0, 0.1) is 11.3 Å². The number of aliphatic carboxylic acids is 1. The fourth-order valence-electron chi connectivity index (χ4n) is 1.08. The van der Waals surface area contributed by atoms with E-state index in [1.54, 1.807) is 13.0 Å². The monoisotopic (exact) mass is 170 g/mol. The Balaban J connectivity index is 4.87. The summed E-state index contributed by atoms with van der Waals surface area (Å²) in [7, 11) is 0. The first-order chi connectivity index (χ1) is 5.34. The summed E-state index contributed by atoms with van der Waals surface area (Å²) in [5.74, 6) is -0.476. The van der Waals surface area contributed by atoms with Gasteiger partial charge in [-0.3, -0.25) is 0 Å². The van der Waals surface area contributed by atoms with Gasteiger partial charge in [0.1, 0.15) is 0 Å². The van der Waals surface area contributed by atoms with Crippen LogP contribution in [-0.2, 0) is 4.79 Å². The quantitative estimate of drug-likeness (QED) is 0.661. The van der Waals surface area contributed by atoms with E-state index >= 15 is 0 Å². The van der Waals surface area contributed by atoms with Crippen LogP contribution in [0.2, 0.25) is 0 Å².